The van der Waals surface area contributed by atoms with Crippen molar-refractivity contribution in [3.05, 3.63) is 43.2 Å². The summed E-state index contributed by atoms with van der Waals surface area (Å²) in [5.41, 5.74) is 0. The van der Waals surface area contributed by atoms with E-state index in [4.69, 9.17) is 4.42 Å². The lowest BCUT2D eigenvalue weighted by atomic mass is 10.2. The molecule has 1 aromatic carbocycles. The zero-order valence-corrected chi connectivity index (χ0v) is 6.21. The van der Waals surface area contributed by atoms with Crippen molar-refractivity contribution < 1.29 is 4.42 Å². The van der Waals surface area contributed by atoms with Crippen LogP contribution >= 0.6 is 0 Å². The molecule has 0 N–H and O–H groups in total. The van der Waals surface area contributed by atoms with Crippen molar-refractivity contribution >= 4 is 10.8 Å². The first-order chi connectivity index (χ1) is 5.42. The standard InChI is InChI=1S/C10H9O/c1-2-10-9-6-4-3-5-8(9)7-11-10/h3-7H,1-2H2. The Morgan fingerprint density at radius 1 is 1.27 bits per heavy atom. The largest absolute Gasteiger partial charge is 0.468 e. The number of hydrogen-bond donors (Lipinski definition) is 0. The monoisotopic (exact) mass is 145 g/mol. The number of fused-ring (bicyclic) bond motifs is 1. The van der Waals surface area contributed by atoms with Crippen LogP contribution in [-0.2, 0) is 6.42 Å². The van der Waals surface area contributed by atoms with Gasteiger partial charge in [-0.2, -0.15) is 0 Å². The lowest BCUT2D eigenvalue weighted by Gasteiger charge is -1.88. The van der Waals surface area contributed by atoms with Crippen molar-refractivity contribution in [3.63, 3.8) is 0 Å². The van der Waals surface area contributed by atoms with Crippen molar-refractivity contribution in [1.82, 2.24) is 0 Å². The summed E-state index contributed by atoms with van der Waals surface area (Å²) in [6.45, 7) is 3.78. The highest BCUT2D eigenvalue weighted by Crippen LogP contribution is 2.20. The Morgan fingerprint density at radius 3 is 2.91 bits per heavy atom. The summed E-state index contributed by atoms with van der Waals surface area (Å²) < 4.78 is 5.30. The molecule has 0 amide bonds. The minimum Gasteiger partial charge on any atom is -0.468 e. The molecule has 0 aliphatic rings. The number of hydrogen-bond acceptors (Lipinski definition) is 1. The summed E-state index contributed by atoms with van der Waals surface area (Å²) in [6, 6.07) is 8.11. The summed E-state index contributed by atoms with van der Waals surface area (Å²) in [5, 5.41) is 2.34. The summed E-state index contributed by atoms with van der Waals surface area (Å²) in [4.78, 5) is 0. The Bertz CT molecular complexity index is 360. The second-order valence-electron chi connectivity index (χ2n) is 2.50. The van der Waals surface area contributed by atoms with Crippen LogP contribution in [-0.4, -0.2) is 0 Å². The fourth-order valence-corrected chi connectivity index (χ4v) is 1.25. The molecule has 0 atom stereocenters. The highest BCUT2D eigenvalue weighted by Gasteiger charge is 2.00. The molecule has 1 aromatic heterocycles. The summed E-state index contributed by atoms with van der Waals surface area (Å²) in [5.74, 6) is 0.973. The van der Waals surface area contributed by atoms with E-state index in [0.717, 1.165) is 11.1 Å². The van der Waals surface area contributed by atoms with Crippen LogP contribution < -0.4 is 0 Å². The molecule has 1 radical (unpaired) electrons. The third-order valence-corrected chi connectivity index (χ3v) is 1.82. The second-order valence-corrected chi connectivity index (χ2v) is 2.50. The highest BCUT2D eigenvalue weighted by atomic mass is 16.3. The fourth-order valence-electron chi connectivity index (χ4n) is 1.25. The summed E-state index contributed by atoms with van der Waals surface area (Å²) in [7, 11) is 0. The Hall–Kier alpha value is -1.24. The van der Waals surface area contributed by atoms with Crippen LogP contribution in [0.25, 0.3) is 10.8 Å². The van der Waals surface area contributed by atoms with Crippen LogP contribution in [0.3, 0.4) is 0 Å². The smallest absolute Gasteiger partial charge is 0.111 e. The first-order valence-corrected chi connectivity index (χ1v) is 3.66. The maximum Gasteiger partial charge on any atom is 0.111 e. The molecular weight excluding hydrogens is 136 g/mol. The molecule has 0 aliphatic carbocycles. The SMILES string of the molecule is [CH2]Cc1occ2ccccc12. The molecule has 2 aromatic rings. The Kier molecular flexibility index (Phi) is 1.42. The van der Waals surface area contributed by atoms with Crippen LogP contribution in [0.15, 0.2) is 34.9 Å². The molecule has 0 saturated heterocycles. The molecule has 0 spiro atoms. The summed E-state index contributed by atoms with van der Waals surface area (Å²) >= 11 is 0. The molecule has 55 valence electrons. The van der Waals surface area contributed by atoms with Gasteiger partial charge in [0.05, 0.1) is 6.26 Å². The van der Waals surface area contributed by atoms with Crippen LogP contribution in [0.1, 0.15) is 5.76 Å². The average Bonchev–Trinajstić information content (AvgIpc) is 2.47. The molecule has 1 heteroatoms. The van der Waals surface area contributed by atoms with Crippen molar-refractivity contribution in [1.29, 1.82) is 0 Å². The van der Waals surface area contributed by atoms with Gasteiger partial charge in [0, 0.05) is 17.2 Å². The van der Waals surface area contributed by atoms with E-state index in [0.29, 0.717) is 6.42 Å². The third kappa shape index (κ3) is 0.929. The molecule has 0 aliphatic heterocycles. The van der Waals surface area contributed by atoms with Gasteiger partial charge < -0.3 is 4.42 Å². The van der Waals surface area contributed by atoms with Gasteiger partial charge in [0.25, 0.3) is 0 Å². The zero-order chi connectivity index (χ0) is 7.68. The van der Waals surface area contributed by atoms with Crippen molar-refractivity contribution in [2.45, 2.75) is 6.42 Å². The van der Waals surface area contributed by atoms with E-state index in [1.54, 1.807) is 6.26 Å². The average molecular weight is 145 g/mol. The van der Waals surface area contributed by atoms with Crippen LogP contribution in [0, 0.1) is 6.92 Å². The van der Waals surface area contributed by atoms with Gasteiger partial charge in [-0.1, -0.05) is 24.3 Å². The molecule has 0 unspecified atom stereocenters. The van der Waals surface area contributed by atoms with E-state index in [2.05, 4.69) is 13.0 Å². The highest BCUT2D eigenvalue weighted by molar-refractivity contribution is 5.83. The predicted octanol–water partition coefficient (Wildman–Crippen LogP) is 2.81. The van der Waals surface area contributed by atoms with Gasteiger partial charge in [0.2, 0.25) is 0 Å². The molecule has 2 rings (SSSR count). The Morgan fingerprint density at radius 2 is 2.09 bits per heavy atom. The molecule has 0 bridgehead atoms. The Labute approximate surface area is 65.6 Å². The van der Waals surface area contributed by atoms with Crippen LogP contribution in [0.4, 0.5) is 0 Å². The molecule has 11 heavy (non-hydrogen) atoms. The fraction of sp³-hybridized carbons (Fsp3) is 0.100. The van der Waals surface area contributed by atoms with Crippen molar-refractivity contribution in [2.24, 2.45) is 0 Å². The minimum absolute atomic E-state index is 0.716. The Balaban J connectivity index is 2.76. The molecule has 0 fully saturated rings. The predicted molar refractivity (Wildman–Crippen MR) is 45.3 cm³/mol. The van der Waals surface area contributed by atoms with Gasteiger partial charge in [0.1, 0.15) is 5.76 Å². The summed E-state index contributed by atoms with van der Waals surface area (Å²) in [6.07, 6.45) is 2.49. The van der Waals surface area contributed by atoms with E-state index >= 15 is 0 Å². The van der Waals surface area contributed by atoms with Gasteiger partial charge in [-0.3, -0.25) is 0 Å². The van der Waals surface area contributed by atoms with E-state index in [-0.39, 0.29) is 0 Å². The zero-order valence-electron chi connectivity index (χ0n) is 6.21. The maximum atomic E-state index is 5.30. The molecule has 1 nitrogen and oxygen atoms in total. The van der Waals surface area contributed by atoms with Gasteiger partial charge in [-0.25, -0.2) is 0 Å². The van der Waals surface area contributed by atoms with Crippen molar-refractivity contribution in [2.75, 3.05) is 0 Å². The topological polar surface area (TPSA) is 13.1 Å². The second kappa shape index (κ2) is 2.42. The van der Waals surface area contributed by atoms with Crippen LogP contribution in [0.2, 0.25) is 0 Å². The van der Waals surface area contributed by atoms with E-state index in [9.17, 15) is 0 Å². The number of furan rings is 1. The lowest BCUT2D eigenvalue weighted by Crippen LogP contribution is -1.73. The third-order valence-electron chi connectivity index (χ3n) is 1.82. The molecular formula is C10H9O. The number of rotatable bonds is 1. The maximum absolute atomic E-state index is 5.30. The van der Waals surface area contributed by atoms with E-state index in [1.165, 1.54) is 5.39 Å². The van der Waals surface area contributed by atoms with E-state index in [1.807, 2.05) is 18.2 Å². The first kappa shape index (κ1) is 6.47. The van der Waals surface area contributed by atoms with E-state index < -0.39 is 0 Å². The van der Waals surface area contributed by atoms with Crippen molar-refractivity contribution in [3.8, 4) is 0 Å². The van der Waals surface area contributed by atoms with Gasteiger partial charge in [0.15, 0.2) is 0 Å². The minimum atomic E-state index is 0.716. The first-order valence-electron chi connectivity index (χ1n) is 3.66. The van der Waals surface area contributed by atoms with Gasteiger partial charge in [-0.05, 0) is 6.92 Å². The molecule has 0 saturated carbocycles. The van der Waals surface area contributed by atoms with Crippen LogP contribution in [0.5, 0.6) is 0 Å². The molecule has 1 heterocycles. The van der Waals surface area contributed by atoms with Gasteiger partial charge >= 0.3 is 0 Å². The normalized spacial score (nSPS) is 10.6. The van der Waals surface area contributed by atoms with Gasteiger partial charge in [-0.15, -0.1) is 0 Å². The lowest BCUT2D eigenvalue weighted by molar-refractivity contribution is 0.528. The quantitative estimate of drug-likeness (QED) is 0.601. The number of benzene rings is 1.